The minimum atomic E-state index is -0.942. The number of halogens is 4. The first-order chi connectivity index (χ1) is 13.0. The molecule has 0 saturated heterocycles. The molecular weight excluding hydrogens is 352 g/mol. The van der Waals surface area contributed by atoms with Crippen LogP contribution in [0.2, 0.25) is 0 Å². The fourth-order valence-electron chi connectivity index (χ4n) is 4.25. The summed E-state index contributed by atoms with van der Waals surface area (Å²) < 4.78 is 55.3. The molecule has 2 aromatic rings. The third-order valence-electron chi connectivity index (χ3n) is 5.83. The van der Waals surface area contributed by atoms with Crippen LogP contribution >= 0.6 is 0 Å². The lowest BCUT2D eigenvalue weighted by Gasteiger charge is -2.29. The highest BCUT2D eigenvalue weighted by Gasteiger charge is 2.23. The third-order valence-corrected chi connectivity index (χ3v) is 5.83. The van der Waals surface area contributed by atoms with Crippen molar-refractivity contribution in [2.45, 2.75) is 64.2 Å². The van der Waals surface area contributed by atoms with Crippen LogP contribution in [0.3, 0.4) is 0 Å². The molecular formula is C23H26F4. The quantitative estimate of drug-likeness (QED) is 0.470. The van der Waals surface area contributed by atoms with Crippen LogP contribution in [0.25, 0.3) is 0 Å². The molecule has 1 aliphatic rings. The number of hydrogen-bond acceptors (Lipinski definition) is 0. The average Bonchev–Trinajstić information content (AvgIpc) is 2.64. The number of rotatable bonds is 6. The molecule has 0 nitrogen and oxygen atoms in total. The normalized spacial score (nSPS) is 20.0. The molecule has 0 bridgehead atoms. The van der Waals surface area contributed by atoms with Crippen LogP contribution in [-0.4, -0.2) is 0 Å². The molecule has 0 heterocycles. The zero-order valence-electron chi connectivity index (χ0n) is 15.7. The molecule has 146 valence electrons. The highest BCUT2D eigenvalue weighted by molar-refractivity contribution is 5.30. The molecule has 0 atom stereocenters. The Kier molecular flexibility index (Phi) is 6.56. The van der Waals surface area contributed by atoms with Crippen molar-refractivity contribution in [1.29, 1.82) is 0 Å². The van der Waals surface area contributed by atoms with Crippen molar-refractivity contribution in [3.63, 3.8) is 0 Å². The lowest BCUT2D eigenvalue weighted by atomic mass is 9.77. The molecule has 1 fully saturated rings. The van der Waals surface area contributed by atoms with Gasteiger partial charge in [-0.05, 0) is 85.8 Å². The third kappa shape index (κ3) is 4.91. The summed E-state index contributed by atoms with van der Waals surface area (Å²) in [5.41, 5.74) is 1.28. The van der Waals surface area contributed by atoms with Gasteiger partial charge in [0.2, 0.25) is 0 Å². The van der Waals surface area contributed by atoms with Gasteiger partial charge in [-0.15, -0.1) is 0 Å². The van der Waals surface area contributed by atoms with E-state index in [1.807, 2.05) is 0 Å². The Morgan fingerprint density at radius 3 is 2.04 bits per heavy atom. The van der Waals surface area contributed by atoms with E-state index in [9.17, 15) is 17.6 Å². The first-order valence-corrected chi connectivity index (χ1v) is 9.89. The van der Waals surface area contributed by atoms with Gasteiger partial charge in [0.1, 0.15) is 11.6 Å². The topological polar surface area (TPSA) is 0 Å². The van der Waals surface area contributed by atoms with Gasteiger partial charge < -0.3 is 0 Å². The van der Waals surface area contributed by atoms with Crippen molar-refractivity contribution in [3.05, 3.63) is 70.3 Å². The van der Waals surface area contributed by atoms with Gasteiger partial charge in [-0.3, -0.25) is 0 Å². The van der Waals surface area contributed by atoms with Crippen LogP contribution in [0.15, 0.2) is 30.3 Å². The summed E-state index contributed by atoms with van der Waals surface area (Å²) in [7, 11) is 0. The second kappa shape index (κ2) is 8.90. The van der Waals surface area contributed by atoms with Crippen LogP contribution in [0.5, 0.6) is 0 Å². The highest BCUT2D eigenvalue weighted by Crippen LogP contribution is 2.38. The Bertz CT molecular complexity index is 753. The monoisotopic (exact) mass is 378 g/mol. The van der Waals surface area contributed by atoms with Gasteiger partial charge in [0.15, 0.2) is 11.6 Å². The summed E-state index contributed by atoms with van der Waals surface area (Å²) in [5.74, 6) is -1.97. The smallest absolute Gasteiger partial charge is 0.159 e. The van der Waals surface area contributed by atoms with Gasteiger partial charge in [-0.1, -0.05) is 25.8 Å². The lowest BCUT2D eigenvalue weighted by Crippen LogP contribution is -2.14. The second-order valence-corrected chi connectivity index (χ2v) is 7.72. The summed E-state index contributed by atoms with van der Waals surface area (Å²) in [6.45, 7) is 2.19. The van der Waals surface area contributed by atoms with Crippen molar-refractivity contribution < 1.29 is 17.6 Å². The maximum absolute atomic E-state index is 14.5. The zero-order valence-corrected chi connectivity index (χ0v) is 15.7. The molecule has 3 rings (SSSR count). The molecule has 0 aromatic heterocycles. The Morgan fingerprint density at radius 2 is 1.44 bits per heavy atom. The van der Waals surface area contributed by atoms with Gasteiger partial charge in [0.05, 0.1) is 0 Å². The molecule has 27 heavy (non-hydrogen) atoms. The Morgan fingerprint density at radius 1 is 0.778 bits per heavy atom. The van der Waals surface area contributed by atoms with Gasteiger partial charge in [-0.25, -0.2) is 17.6 Å². The lowest BCUT2D eigenvalue weighted by molar-refractivity contribution is 0.307. The van der Waals surface area contributed by atoms with Crippen LogP contribution in [0.4, 0.5) is 17.6 Å². The predicted octanol–water partition coefficient (Wildman–Crippen LogP) is 7.10. The largest absolute Gasteiger partial charge is 0.207 e. The Hall–Kier alpha value is -1.84. The van der Waals surface area contributed by atoms with E-state index in [0.717, 1.165) is 49.3 Å². The summed E-state index contributed by atoms with van der Waals surface area (Å²) in [4.78, 5) is 0. The Balaban J connectivity index is 1.67. The van der Waals surface area contributed by atoms with Crippen molar-refractivity contribution in [2.24, 2.45) is 5.92 Å². The van der Waals surface area contributed by atoms with Gasteiger partial charge in [0.25, 0.3) is 0 Å². The van der Waals surface area contributed by atoms with E-state index in [-0.39, 0.29) is 24.3 Å². The van der Waals surface area contributed by atoms with E-state index in [4.69, 9.17) is 0 Å². The minimum absolute atomic E-state index is 0.0168. The summed E-state index contributed by atoms with van der Waals surface area (Å²) in [5, 5.41) is 0. The average molecular weight is 378 g/mol. The van der Waals surface area contributed by atoms with Crippen molar-refractivity contribution in [1.82, 2.24) is 0 Å². The molecule has 0 unspecified atom stereocenters. The first-order valence-electron chi connectivity index (χ1n) is 9.89. The van der Waals surface area contributed by atoms with E-state index in [2.05, 4.69) is 6.92 Å². The Labute approximate surface area is 158 Å². The van der Waals surface area contributed by atoms with E-state index < -0.39 is 23.3 Å². The standard InChI is InChI=1S/C23H26F4/c1-2-3-15-4-8-17(9-5-15)18-13-21(25)19(22(26)14-18)10-6-16-7-11-20(24)23(27)12-16/h7,11-15,17H,2-6,8-10H2,1H3/t15-,17-. The van der Waals surface area contributed by atoms with Crippen molar-refractivity contribution in [2.75, 3.05) is 0 Å². The predicted molar refractivity (Wildman–Crippen MR) is 99.7 cm³/mol. The van der Waals surface area contributed by atoms with Gasteiger partial charge in [0, 0.05) is 5.56 Å². The van der Waals surface area contributed by atoms with Crippen molar-refractivity contribution in [3.8, 4) is 0 Å². The number of aryl methyl sites for hydroxylation is 1. The zero-order chi connectivity index (χ0) is 19.4. The maximum Gasteiger partial charge on any atom is 0.159 e. The van der Waals surface area contributed by atoms with Crippen LogP contribution in [0, 0.1) is 29.2 Å². The van der Waals surface area contributed by atoms with Gasteiger partial charge >= 0.3 is 0 Å². The fraction of sp³-hybridized carbons (Fsp3) is 0.478. The van der Waals surface area contributed by atoms with E-state index in [1.54, 1.807) is 0 Å². The minimum Gasteiger partial charge on any atom is -0.207 e. The first kappa shape index (κ1) is 19.9. The van der Waals surface area contributed by atoms with Crippen LogP contribution < -0.4 is 0 Å². The highest BCUT2D eigenvalue weighted by atomic mass is 19.2. The number of hydrogen-bond donors (Lipinski definition) is 0. The molecule has 0 spiro atoms. The molecule has 0 N–H and O–H groups in total. The molecule has 1 saturated carbocycles. The van der Waals surface area contributed by atoms with Crippen molar-refractivity contribution >= 4 is 0 Å². The van der Waals surface area contributed by atoms with E-state index in [0.29, 0.717) is 5.56 Å². The van der Waals surface area contributed by atoms with E-state index in [1.165, 1.54) is 31.0 Å². The molecule has 1 aliphatic carbocycles. The second-order valence-electron chi connectivity index (χ2n) is 7.72. The molecule has 0 amide bonds. The number of benzene rings is 2. The fourth-order valence-corrected chi connectivity index (χ4v) is 4.25. The van der Waals surface area contributed by atoms with Crippen LogP contribution in [0.1, 0.15) is 68.1 Å². The summed E-state index contributed by atoms with van der Waals surface area (Å²) in [6.07, 6.45) is 7.01. The molecule has 0 aliphatic heterocycles. The maximum atomic E-state index is 14.5. The summed E-state index contributed by atoms with van der Waals surface area (Å²) in [6, 6.07) is 6.49. The van der Waals surface area contributed by atoms with Crippen LogP contribution in [-0.2, 0) is 12.8 Å². The molecule has 2 aromatic carbocycles. The summed E-state index contributed by atoms with van der Waals surface area (Å²) >= 11 is 0. The SMILES string of the molecule is CCC[C@H]1CC[C@H](c2cc(F)c(CCc3ccc(F)c(F)c3)c(F)c2)CC1. The van der Waals surface area contributed by atoms with E-state index >= 15 is 0 Å². The molecule has 4 heteroatoms. The molecule has 0 radical (unpaired) electrons. The van der Waals surface area contributed by atoms with Gasteiger partial charge in [-0.2, -0.15) is 0 Å².